The van der Waals surface area contributed by atoms with Crippen molar-refractivity contribution in [1.29, 1.82) is 0 Å². The molecule has 1 atom stereocenters. The summed E-state index contributed by atoms with van der Waals surface area (Å²) in [6.45, 7) is 3.48. The number of methoxy groups -OCH3 is 2. The van der Waals surface area contributed by atoms with Gasteiger partial charge in [0.05, 0.1) is 30.9 Å². The summed E-state index contributed by atoms with van der Waals surface area (Å²) in [4.78, 5) is 8.83. The lowest BCUT2D eigenvalue weighted by Gasteiger charge is -2.14. The summed E-state index contributed by atoms with van der Waals surface area (Å²) < 4.78 is 25.1. The quantitative estimate of drug-likeness (QED) is 0.665. The minimum absolute atomic E-state index is 0.183. The number of hydrogen-bond donors (Lipinski definition) is 1. The summed E-state index contributed by atoms with van der Waals surface area (Å²) in [6.07, 6.45) is 1.71. The lowest BCUT2D eigenvalue weighted by atomic mass is 10.1. The SMILES string of the molecule is COc1ccc2nc([S+]([O-])Cc3ncc(C)c(OC)c3C)n(CO)c2c1. The number of aliphatic hydroxyl groups excluding tert-OH is 1. The summed E-state index contributed by atoms with van der Waals surface area (Å²) in [5.41, 5.74) is 3.78. The van der Waals surface area contributed by atoms with Gasteiger partial charge in [-0.2, -0.15) is 4.98 Å². The van der Waals surface area contributed by atoms with Crippen LogP contribution >= 0.6 is 0 Å². The van der Waals surface area contributed by atoms with Gasteiger partial charge < -0.3 is 19.1 Å². The van der Waals surface area contributed by atoms with E-state index in [-0.39, 0.29) is 12.5 Å². The number of pyridine rings is 1. The molecule has 0 amide bonds. The van der Waals surface area contributed by atoms with Crippen LogP contribution in [0.3, 0.4) is 0 Å². The smallest absolute Gasteiger partial charge is 0.326 e. The highest BCUT2D eigenvalue weighted by atomic mass is 32.2. The van der Waals surface area contributed by atoms with Gasteiger partial charge in [0, 0.05) is 34.6 Å². The third-order valence-electron chi connectivity index (χ3n) is 4.28. The molecule has 0 saturated carbocycles. The maximum atomic E-state index is 13.0. The topological polar surface area (TPSA) is 92.5 Å². The predicted octanol–water partition coefficient (Wildman–Crippen LogP) is 2.32. The summed E-state index contributed by atoms with van der Waals surface area (Å²) in [5.74, 6) is 1.57. The molecular formula is C18H21N3O4S. The fourth-order valence-corrected chi connectivity index (χ4v) is 4.19. The van der Waals surface area contributed by atoms with Crippen molar-refractivity contribution in [2.45, 2.75) is 31.5 Å². The van der Waals surface area contributed by atoms with Crippen molar-refractivity contribution in [2.75, 3.05) is 14.2 Å². The first-order valence-electron chi connectivity index (χ1n) is 8.02. The molecule has 8 heteroatoms. The molecule has 0 saturated heterocycles. The number of nitrogens with zero attached hydrogens (tertiary/aromatic N) is 3. The fraction of sp³-hybridized carbons (Fsp3) is 0.333. The third-order valence-corrected chi connectivity index (χ3v) is 5.54. The standard InChI is InChI=1S/C18H21N3O4S/c1-11-8-19-15(12(2)17(11)25-4)9-26(23)18-20-14-6-5-13(24-3)7-16(14)21(18)10-22/h5-8,22H,9-10H2,1-4H3. The highest BCUT2D eigenvalue weighted by Crippen LogP contribution is 2.28. The second kappa shape index (κ2) is 7.53. The van der Waals surface area contributed by atoms with Crippen LogP contribution in [0.1, 0.15) is 16.8 Å². The Morgan fingerprint density at radius 2 is 2.00 bits per heavy atom. The molecule has 138 valence electrons. The molecule has 7 nitrogen and oxygen atoms in total. The number of imidazole rings is 1. The van der Waals surface area contributed by atoms with Crippen molar-refractivity contribution < 1.29 is 19.1 Å². The highest BCUT2D eigenvalue weighted by Gasteiger charge is 2.25. The average Bonchev–Trinajstić information content (AvgIpc) is 3.02. The number of rotatable bonds is 6. The molecule has 2 heterocycles. The number of aryl methyl sites for hydroxylation is 1. The maximum Gasteiger partial charge on any atom is 0.326 e. The van der Waals surface area contributed by atoms with E-state index in [9.17, 15) is 9.66 Å². The van der Waals surface area contributed by atoms with Crippen LogP contribution in [-0.4, -0.2) is 38.4 Å². The number of aromatic nitrogens is 3. The molecular weight excluding hydrogens is 354 g/mol. The molecule has 0 radical (unpaired) electrons. The van der Waals surface area contributed by atoms with Gasteiger partial charge in [-0.3, -0.25) is 9.55 Å². The van der Waals surface area contributed by atoms with Gasteiger partial charge in [0.2, 0.25) is 0 Å². The lowest BCUT2D eigenvalue weighted by Crippen LogP contribution is -2.15. The Balaban J connectivity index is 1.99. The molecule has 0 bridgehead atoms. The lowest BCUT2D eigenvalue weighted by molar-refractivity contribution is 0.203. The number of aliphatic hydroxyl groups is 1. The van der Waals surface area contributed by atoms with Crippen LogP contribution in [-0.2, 0) is 23.7 Å². The Bertz CT molecular complexity index is 942. The van der Waals surface area contributed by atoms with Crippen LogP contribution in [0.15, 0.2) is 29.6 Å². The number of fused-ring (bicyclic) bond motifs is 1. The van der Waals surface area contributed by atoms with E-state index in [2.05, 4.69) is 9.97 Å². The van der Waals surface area contributed by atoms with Crippen LogP contribution in [0.2, 0.25) is 0 Å². The zero-order chi connectivity index (χ0) is 18.8. The van der Waals surface area contributed by atoms with Crippen molar-refractivity contribution in [3.8, 4) is 11.5 Å². The maximum absolute atomic E-state index is 13.0. The summed E-state index contributed by atoms with van der Waals surface area (Å²) >= 11 is -1.48. The molecule has 1 unspecified atom stereocenters. The molecule has 2 aromatic heterocycles. The zero-order valence-electron chi connectivity index (χ0n) is 15.1. The van der Waals surface area contributed by atoms with Crippen LogP contribution in [0.5, 0.6) is 11.5 Å². The van der Waals surface area contributed by atoms with E-state index >= 15 is 0 Å². The monoisotopic (exact) mass is 375 g/mol. The first kappa shape index (κ1) is 18.5. The van der Waals surface area contributed by atoms with Crippen molar-refractivity contribution >= 4 is 22.2 Å². The van der Waals surface area contributed by atoms with E-state index in [1.807, 2.05) is 13.8 Å². The normalized spacial score (nSPS) is 12.4. The summed E-state index contributed by atoms with van der Waals surface area (Å²) in [6, 6.07) is 5.32. The number of ether oxygens (including phenoxy) is 2. The van der Waals surface area contributed by atoms with E-state index in [0.717, 1.165) is 16.9 Å². The van der Waals surface area contributed by atoms with Crippen molar-refractivity contribution in [1.82, 2.24) is 14.5 Å². The Hall–Kier alpha value is -2.29. The molecule has 1 aromatic carbocycles. The second-order valence-corrected chi connectivity index (χ2v) is 7.20. The van der Waals surface area contributed by atoms with E-state index in [1.165, 1.54) is 4.57 Å². The second-order valence-electron chi connectivity index (χ2n) is 5.85. The Morgan fingerprint density at radius 1 is 1.23 bits per heavy atom. The Labute approximate surface area is 154 Å². The first-order valence-corrected chi connectivity index (χ1v) is 9.34. The Morgan fingerprint density at radius 3 is 2.65 bits per heavy atom. The summed E-state index contributed by atoms with van der Waals surface area (Å²) in [5, 5.41) is 10.1. The minimum atomic E-state index is -1.48. The van der Waals surface area contributed by atoms with Crippen molar-refractivity contribution in [2.24, 2.45) is 0 Å². The zero-order valence-corrected chi connectivity index (χ0v) is 16.0. The van der Waals surface area contributed by atoms with Gasteiger partial charge in [0.1, 0.15) is 18.2 Å². The molecule has 3 aromatic rings. The van der Waals surface area contributed by atoms with Gasteiger partial charge in [-0.1, -0.05) is 0 Å². The Kier molecular flexibility index (Phi) is 5.36. The fourth-order valence-electron chi connectivity index (χ4n) is 2.92. The first-order chi connectivity index (χ1) is 12.5. The van der Waals surface area contributed by atoms with Gasteiger partial charge in [-0.25, -0.2) is 0 Å². The molecule has 3 rings (SSSR count). The number of hydrogen-bond acceptors (Lipinski definition) is 6. The molecule has 0 fully saturated rings. The van der Waals surface area contributed by atoms with Crippen LogP contribution in [0, 0.1) is 13.8 Å². The van der Waals surface area contributed by atoms with Crippen LogP contribution in [0.25, 0.3) is 11.0 Å². The minimum Gasteiger partial charge on any atom is -0.609 e. The van der Waals surface area contributed by atoms with Crippen LogP contribution in [0.4, 0.5) is 0 Å². The largest absolute Gasteiger partial charge is 0.609 e. The average molecular weight is 375 g/mol. The molecule has 0 aliphatic heterocycles. The van der Waals surface area contributed by atoms with Gasteiger partial charge >= 0.3 is 5.16 Å². The highest BCUT2D eigenvalue weighted by molar-refractivity contribution is 7.90. The van der Waals surface area contributed by atoms with Gasteiger partial charge in [0.15, 0.2) is 5.75 Å². The molecule has 0 aliphatic carbocycles. The molecule has 26 heavy (non-hydrogen) atoms. The van der Waals surface area contributed by atoms with Crippen molar-refractivity contribution in [3.05, 3.63) is 41.2 Å². The number of benzene rings is 1. The van der Waals surface area contributed by atoms with Gasteiger partial charge in [-0.05, 0) is 26.0 Å². The molecule has 0 aliphatic rings. The molecule has 0 spiro atoms. The van der Waals surface area contributed by atoms with E-state index in [1.54, 1.807) is 38.6 Å². The van der Waals surface area contributed by atoms with Crippen LogP contribution < -0.4 is 9.47 Å². The van der Waals surface area contributed by atoms with E-state index in [0.29, 0.717) is 27.6 Å². The summed E-state index contributed by atoms with van der Waals surface area (Å²) in [7, 11) is 3.17. The van der Waals surface area contributed by atoms with E-state index < -0.39 is 11.2 Å². The predicted molar refractivity (Wildman–Crippen MR) is 98.9 cm³/mol. The van der Waals surface area contributed by atoms with Gasteiger partial charge in [-0.15, -0.1) is 0 Å². The molecule has 1 N–H and O–H groups in total. The van der Waals surface area contributed by atoms with E-state index in [4.69, 9.17) is 9.47 Å². The van der Waals surface area contributed by atoms with Gasteiger partial charge in [0.25, 0.3) is 0 Å². The van der Waals surface area contributed by atoms with Crippen molar-refractivity contribution in [3.63, 3.8) is 0 Å². The third kappa shape index (κ3) is 3.23.